The van der Waals surface area contributed by atoms with Gasteiger partial charge >= 0.3 is 0 Å². The van der Waals surface area contributed by atoms with Crippen LogP contribution in [0, 0.1) is 10.1 Å². The van der Waals surface area contributed by atoms with E-state index in [1.54, 1.807) is 29.2 Å². The molecule has 188 valence electrons. The molecule has 2 saturated heterocycles. The summed E-state index contributed by atoms with van der Waals surface area (Å²) in [5.74, 6) is -0.129. The van der Waals surface area contributed by atoms with Crippen LogP contribution in [0.5, 0.6) is 0 Å². The summed E-state index contributed by atoms with van der Waals surface area (Å²) >= 11 is 0.745. The van der Waals surface area contributed by atoms with Gasteiger partial charge in [0, 0.05) is 55.6 Å². The fraction of sp³-hybridized carbons (Fsp3) is 0.192. The summed E-state index contributed by atoms with van der Waals surface area (Å²) in [5, 5.41) is 10.5. The van der Waals surface area contributed by atoms with Crippen molar-refractivity contribution in [1.29, 1.82) is 0 Å². The number of non-ortho nitro benzene ring substituents is 1. The van der Waals surface area contributed by atoms with E-state index in [0.29, 0.717) is 43.3 Å². The molecule has 0 unspecified atom stereocenters. The number of nitro groups is 1. The number of nitrogens with zero attached hydrogens (tertiary/aromatic N) is 4. The topological polar surface area (TPSA) is 117 Å². The number of imide groups is 1. The lowest BCUT2D eigenvalue weighted by Crippen LogP contribution is -2.51. The first-order valence-corrected chi connectivity index (χ1v) is 12.4. The summed E-state index contributed by atoms with van der Waals surface area (Å²) in [6.45, 7) is 2.04. The summed E-state index contributed by atoms with van der Waals surface area (Å²) < 4.78 is 5.73. The van der Waals surface area contributed by atoms with E-state index in [2.05, 4.69) is 4.90 Å². The molecule has 3 heterocycles. The number of benzene rings is 2. The lowest BCUT2D eigenvalue weighted by atomic mass is 10.1. The number of thioether (sulfide) groups is 1. The number of furan rings is 1. The smallest absolute Gasteiger partial charge is 0.294 e. The molecule has 3 aromatic rings. The van der Waals surface area contributed by atoms with Gasteiger partial charge in [-0.05, 0) is 36.0 Å². The minimum absolute atomic E-state index is 0.0669. The number of hydrogen-bond donors (Lipinski definition) is 0. The van der Waals surface area contributed by atoms with Gasteiger partial charge in [-0.3, -0.25) is 29.4 Å². The van der Waals surface area contributed by atoms with Crippen LogP contribution in [-0.2, 0) is 9.59 Å². The van der Waals surface area contributed by atoms with E-state index >= 15 is 0 Å². The van der Waals surface area contributed by atoms with E-state index in [1.165, 1.54) is 18.2 Å². The fourth-order valence-electron chi connectivity index (χ4n) is 4.21. The van der Waals surface area contributed by atoms with Gasteiger partial charge in [0.25, 0.3) is 16.8 Å². The van der Waals surface area contributed by atoms with Crippen molar-refractivity contribution in [2.24, 2.45) is 0 Å². The molecule has 0 bridgehead atoms. The van der Waals surface area contributed by atoms with Crippen LogP contribution < -0.4 is 4.90 Å². The third-order valence-electron chi connectivity index (χ3n) is 6.16. The Labute approximate surface area is 216 Å². The Kier molecular flexibility index (Phi) is 6.78. The van der Waals surface area contributed by atoms with Crippen molar-refractivity contribution < 1.29 is 23.7 Å². The minimum atomic E-state index is -0.556. The molecule has 5 rings (SSSR count). The van der Waals surface area contributed by atoms with Crippen LogP contribution in [0.4, 0.5) is 16.2 Å². The summed E-state index contributed by atoms with van der Waals surface area (Å²) in [6.07, 6.45) is 1.44. The molecule has 0 spiro atoms. The van der Waals surface area contributed by atoms with Gasteiger partial charge in [0.1, 0.15) is 18.1 Å². The van der Waals surface area contributed by atoms with E-state index in [1.807, 2.05) is 30.3 Å². The maximum absolute atomic E-state index is 12.9. The maximum atomic E-state index is 12.9. The van der Waals surface area contributed by atoms with Crippen molar-refractivity contribution in [1.82, 2.24) is 9.80 Å². The molecule has 2 aliphatic heterocycles. The first-order valence-electron chi connectivity index (χ1n) is 11.6. The third kappa shape index (κ3) is 5.26. The van der Waals surface area contributed by atoms with Crippen molar-refractivity contribution >= 4 is 46.3 Å². The summed E-state index contributed by atoms with van der Waals surface area (Å²) in [5.41, 5.74) is 1.54. The Morgan fingerprint density at radius 1 is 1.00 bits per heavy atom. The van der Waals surface area contributed by atoms with Crippen LogP contribution in [-0.4, -0.2) is 64.5 Å². The fourth-order valence-corrected chi connectivity index (χ4v) is 5.03. The second-order valence-electron chi connectivity index (χ2n) is 8.48. The van der Waals surface area contributed by atoms with Gasteiger partial charge in [0.05, 0.1) is 9.83 Å². The minimum Gasteiger partial charge on any atom is -0.457 e. The van der Waals surface area contributed by atoms with Crippen LogP contribution in [0.2, 0.25) is 0 Å². The van der Waals surface area contributed by atoms with E-state index < -0.39 is 16.1 Å². The highest BCUT2D eigenvalue weighted by Crippen LogP contribution is 2.34. The molecule has 0 saturated carbocycles. The summed E-state index contributed by atoms with van der Waals surface area (Å²) in [6, 6.07) is 19.2. The Morgan fingerprint density at radius 2 is 1.76 bits per heavy atom. The average Bonchev–Trinajstić information content (AvgIpc) is 3.49. The van der Waals surface area contributed by atoms with Crippen LogP contribution >= 0.6 is 11.8 Å². The maximum Gasteiger partial charge on any atom is 0.294 e. The lowest BCUT2D eigenvalue weighted by molar-refractivity contribution is -0.384. The molecule has 0 aliphatic carbocycles. The molecule has 0 radical (unpaired) electrons. The second kappa shape index (κ2) is 10.3. The zero-order valence-electron chi connectivity index (χ0n) is 19.6. The number of anilines is 1. The van der Waals surface area contributed by atoms with Crippen molar-refractivity contribution in [2.75, 3.05) is 37.6 Å². The van der Waals surface area contributed by atoms with E-state index in [9.17, 15) is 24.5 Å². The van der Waals surface area contributed by atoms with Gasteiger partial charge < -0.3 is 14.2 Å². The summed E-state index contributed by atoms with van der Waals surface area (Å²) in [7, 11) is 0. The molecule has 0 atom stereocenters. The van der Waals surface area contributed by atoms with Crippen LogP contribution in [0.15, 0.2) is 76.1 Å². The number of nitro benzene ring substituents is 1. The van der Waals surface area contributed by atoms with Crippen LogP contribution in [0.25, 0.3) is 17.4 Å². The van der Waals surface area contributed by atoms with Crippen molar-refractivity contribution in [3.05, 3.63) is 87.5 Å². The van der Waals surface area contributed by atoms with Crippen LogP contribution in [0.3, 0.4) is 0 Å². The molecule has 3 amide bonds. The molecular formula is C26H22N4O6S. The van der Waals surface area contributed by atoms with E-state index in [4.69, 9.17) is 4.42 Å². The van der Waals surface area contributed by atoms with Gasteiger partial charge in [0.2, 0.25) is 5.91 Å². The zero-order valence-corrected chi connectivity index (χ0v) is 20.4. The number of hydrogen-bond acceptors (Lipinski definition) is 8. The molecule has 1 aromatic heterocycles. The van der Waals surface area contributed by atoms with Gasteiger partial charge in [-0.15, -0.1) is 0 Å². The molecule has 2 aromatic carbocycles. The SMILES string of the molecule is O=C(CN1C(=O)S/C(=C/c2ccc(-c3cccc([N+](=O)[O-])c3)o2)C1=O)N1CCN(c2ccccc2)CC1. The standard InChI is InChI=1S/C26H22N4O6S/c31-24(28-13-11-27(12-14-28)19-6-2-1-3-7-19)17-29-25(32)23(37-26(29)33)16-21-9-10-22(36-21)18-5-4-8-20(15-18)30(34)35/h1-10,15-16H,11-14,17H2/b23-16+. The number of carbonyl (C=O) groups excluding carboxylic acids is 3. The zero-order chi connectivity index (χ0) is 25.9. The first-order chi connectivity index (χ1) is 17.9. The second-order valence-corrected chi connectivity index (χ2v) is 9.47. The Balaban J connectivity index is 1.21. The average molecular weight is 519 g/mol. The van der Waals surface area contributed by atoms with Gasteiger partial charge in [-0.2, -0.15) is 0 Å². The molecule has 37 heavy (non-hydrogen) atoms. The largest absolute Gasteiger partial charge is 0.457 e. The predicted octanol–water partition coefficient (Wildman–Crippen LogP) is 4.24. The Hall–Kier alpha value is -4.38. The van der Waals surface area contributed by atoms with E-state index in [0.717, 1.165) is 22.3 Å². The van der Waals surface area contributed by atoms with Crippen molar-refractivity contribution in [3.8, 4) is 11.3 Å². The molecule has 2 fully saturated rings. The number of amides is 3. The molecule has 10 nitrogen and oxygen atoms in total. The highest BCUT2D eigenvalue weighted by molar-refractivity contribution is 8.18. The number of carbonyl (C=O) groups is 3. The van der Waals surface area contributed by atoms with Crippen molar-refractivity contribution in [2.45, 2.75) is 0 Å². The first kappa shape index (κ1) is 24.3. The highest BCUT2D eigenvalue weighted by Gasteiger charge is 2.37. The quantitative estimate of drug-likeness (QED) is 0.270. The normalized spacial score (nSPS) is 17.1. The Bertz CT molecular complexity index is 1390. The monoisotopic (exact) mass is 518 g/mol. The molecule has 0 N–H and O–H groups in total. The Morgan fingerprint density at radius 3 is 2.49 bits per heavy atom. The van der Waals surface area contributed by atoms with Crippen LogP contribution in [0.1, 0.15) is 5.76 Å². The molecular weight excluding hydrogens is 496 g/mol. The molecule has 11 heteroatoms. The van der Waals surface area contributed by atoms with Gasteiger partial charge in [-0.25, -0.2) is 0 Å². The number of piperazine rings is 1. The van der Waals surface area contributed by atoms with Gasteiger partial charge in [0.15, 0.2) is 0 Å². The lowest BCUT2D eigenvalue weighted by Gasteiger charge is -2.36. The highest BCUT2D eigenvalue weighted by atomic mass is 32.2. The van der Waals surface area contributed by atoms with Crippen molar-refractivity contribution in [3.63, 3.8) is 0 Å². The van der Waals surface area contributed by atoms with Gasteiger partial charge in [-0.1, -0.05) is 30.3 Å². The van der Waals surface area contributed by atoms with E-state index in [-0.39, 0.29) is 23.0 Å². The number of para-hydroxylation sites is 1. The predicted molar refractivity (Wildman–Crippen MR) is 139 cm³/mol. The summed E-state index contributed by atoms with van der Waals surface area (Å²) in [4.78, 5) is 53.8. The number of rotatable bonds is 6. The molecule has 2 aliphatic rings. The third-order valence-corrected chi connectivity index (χ3v) is 7.07.